The molecule has 1 aliphatic heterocycles. The first kappa shape index (κ1) is 17.0. The van der Waals surface area contributed by atoms with Crippen molar-refractivity contribution in [2.24, 2.45) is 0 Å². The summed E-state index contributed by atoms with van der Waals surface area (Å²) in [4.78, 5) is 11.4. The van der Waals surface area contributed by atoms with Crippen LogP contribution in [0.25, 0.3) is 0 Å². The van der Waals surface area contributed by atoms with E-state index in [9.17, 15) is 13.2 Å². The summed E-state index contributed by atoms with van der Waals surface area (Å²) < 4.78 is 27.2. The topological polar surface area (TPSA) is 95.2 Å². The van der Waals surface area contributed by atoms with Crippen LogP contribution in [0.15, 0.2) is 11.1 Å². The second kappa shape index (κ2) is 6.00. The Morgan fingerprint density at radius 3 is 2.73 bits per heavy atom. The molecule has 2 heterocycles. The highest BCUT2D eigenvalue weighted by Crippen LogP contribution is 2.29. The van der Waals surface area contributed by atoms with E-state index in [1.165, 1.54) is 17.4 Å². The fourth-order valence-corrected chi connectivity index (χ4v) is 4.53. The van der Waals surface area contributed by atoms with E-state index in [-0.39, 0.29) is 22.3 Å². The van der Waals surface area contributed by atoms with Gasteiger partial charge in [-0.1, -0.05) is 20.8 Å². The van der Waals surface area contributed by atoms with Gasteiger partial charge in [0, 0.05) is 31.5 Å². The lowest BCUT2D eigenvalue weighted by Crippen LogP contribution is -2.49. The minimum Gasteiger partial charge on any atom is -0.352 e. The zero-order chi connectivity index (χ0) is 16.5. The molecule has 1 saturated heterocycles. The van der Waals surface area contributed by atoms with Gasteiger partial charge in [-0.25, -0.2) is 8.42 Å². The number of sulfonamides is 1. The molecule has 0 aromatic carbocycles. The molecular weight excluding hydrogens is 304 g/mol. The van der Waals surface area contributed by atoms with Crippen molar-refractivity contribution in [1.29, 1.82) is 0 Å². The Kier molecular flexibility index (Phi) is 4.62. The zero-order valence-electron chi connectivity index (χ0n) is 13.5. The van der Waals surface area contributed by atoms with E-state index < -0.39 is 10.0 Å². The molecule has 124 valence electrons. The van der Waals surface area contributed by atoms with Crippen LogP contribution in [0.4, 0.5) is 0 Å². The molecule has 8 heteroatoms. The van der Waals surface area contributed by atoms with Gasteiger partial charge in [0.25, 0.3) is 0 Å². The number of hydrogen-bond donors (Lipinski definition) is 2. The van der Waals surface area contributed by atoms with Gasteiger partial charge in [0.15, 0.2) is 0 Å². The molecule has 0 unspecified atom stereocenters. The van der Waals surface area contributed by atoms with Crippen LogP contribution in [-0.2, 0) is 20.2 Å². The zero-order valence-corrected chi connectivity index (χ0v) is 14.3. The van der Waals surface area contributed by atoms with Crippen molar-refractivity contribution in [1.82, 2.24) is 19.8 Å². The Morgan fingerprint density at radius 2 is 2.14 bits per heavy atom. The normalized spacial score (nSPS) is 20.8. The molecule has 1 atom stereocenters. The second-order valence-corrected chi connectivity index (χ2v) is 8.67. The molecule has 2 rings (SSSR count). The van der Waals surface area contributed by atoms with E-state index in [2.05, 4.69) is 15.5 Å². The molecule has 1 aliphatic rings. The standard InChI is InChI=1S/C14H24N4O3S/c1-10(19)16-11-6-5-7-18(9-11)22(20,21)12-8-15-17-13(12)14(2,3)4/h8,11H,5-7,9H2,1-4H3,(H,15,17)(H,16,19)/t11-/m0/s1. The minimum atomic E-state index is -3.61. The fourth-order valence-electron chi connectivity index (χ4n) is 2.71. The Hall–Kier alpha value is -1.41. The summed E-state index contributed by atoms with van der Waals surface area (Å²) in [6, 6.07) is -0.133. The van der Waals surface area contributed by atoms with Gasteiger partial charge in [0.05, 0.1) is 11.9 Å². The van der Waals surface area contributed by atoms with Crippen LogP contribution in [0.5, 0.6) is 0 Å². The molecule has 1 aromatic rings. The van der Waals surface area contributed by atoms with Crippen LogP contribution in [0, 0.1) is 0 Å². The van der Waals surface area contributed by atoms with Crippen LogP contribution >= 0.6 is 0 Å². The van der Waals surface area contributed by atoms with Crippen LogP contribution in [-0.4, -0.2) is 48.0 Å². The number of carbonyl (C=O) groups is 1. The highest BCUT2D eigenvalue weighted by molar-refractivity contribution is 7.89. The quantitative estimate of drug-likeness (QED) is 0.865. The Labute approximate surface area is 131 Å². The lowest BCUT2D eigenvalue weighted by molar-refractivity contribution is -0.119. The summed E-state index contributed by atoms with van der Waals surface area (Å²) in [6.07, 6.45) is 2.90. The van der Waals surface area contributed by atoms with E-state index in [0.29, 0.717) is 18.8 Å². The lowest BCUT2D eigenvalue weighted by atomic mass is 9.92. The first-order valence-electron chi connectivity index (χ1n) is 7.43. The third-order valence-corrected chi connectivity index (χ3v) is 5.64. The SMILES string of the molecule is CC(=O)N[C@H]1CCCN(S(=O)(=O)c2cn[nH]c2C(C)(C)C)C1. The summed E-state index contributed by atoms with van der Waals surface area (Å²) in [6.45, 7) is 8.03. The van der Waals surface area contributed by atoms with Gasteiger partial charge in [0.2, 0.25) is 15.9 Å². The number of piperidine rings is 1. The van der Waals surface area contributed by atoms with Gasteiger partial charge in [-0.3, -0.25) is 9.89 Å². The largest absolute Gasteiger partial charge is 0.352 e. The molecule has 1 aromatic heterocycles. The Bertz CT molecular complexity index is 645. The first-order chi connectivity index (χ1) is 10.1. The fraction of sp³-hybridized carbons (Fsp3) is 0.714. The van der Waals surface area contributed by atoms with Crippen LogP contribution in [0.2, 0.25) is 0 Å². The third kappa shape index (κ3) is 3.49. The van der Waals surface area contributed by atoms with E-state index in [1.807, 2.05) is 20.8 Å². The molecule has 0 saturated carbocycles. The van der Waals surface area contributed by atoms with Crippen molar-refractivity contribution in [3.05, 3.63) is 11.9 Å². The number of amides is 1. The summed E-state index contributed by atoms with van der Waals surface area (Å²) in [5.41, 5.74) is 0.264. The van der Waals surface area contributed by atoms with Crippen LogP contribution < -0.4 is 5.32 Å². The van der Waals surface area contributed by atoms with E-state index >= 15 is 0 Å². The number of hydrogen-bond acceptors (Lipinski definition) is 4. The highest BCUT2D eigenvalue weighted by atomic mass is 32.2. The number of rotatable bonds is 3. The van der Waals surface area contributed by atoms with Gasteiger partial charge in [-0.2, -0.15) is 9.40 Å². The van der Waals surface area contributed by atoms with Gasteiger partial charge < -0.3 is 5.32 Å². The molecule has 0 bridgehead atoms. The average molecular weight is 328 g/mol. The molecule has 1 amide bonds. The average Bonchev–Trinajstić information content (AvgIpc) is 2.88. The maximum atomic E-state index is 12.9. The van der Waals surface area contributed by atoms with Crippen molar-refractivity contribution in [2.45, 2.75) is 56.9 Å². The number of aromatic amines is 1. The van der Waals surface area contributed by atoms with Crippen LogP contribution in [0.3, 0.4) is 0 Å². The van der Waals surface area contributed by atoms with E-state index in [0.717, 1.165) is 12.8 Å². The summed E-state index contributed by atoms with van der Waals surface area (Å²) in [7, 11) is -3.61. The molecule has 2 N–H and O–H groups in total. The van der Waals surface area contributed by atoms with Gasteiger partial charge in [-0.15, -0.1) is 0 Å². The minimum absolute atomic E-state index is 0.133. The summed E-state index contributed by atoms with van der Waals surface area (Å²) in [5, 5.41) is 9.53. The van der Waals surface area contributed by atoms with E-state index in [1.54, 1.807) is 0 Å². The predicted octanol–water partition coefficient (Wildman–Crippen LogP) is 0.996. The van der Waals surface area contributed by atoms with Crippen molar-refractivity contribution >= 4 is 15.9 Å². The summed E-state index contributed by atoms with van der Waals surface area (Å²) >= 11 is 0. The smallest absolute Gasteiger partial charge is 0.246 e. The van der Waals surface area contributed by atoms with Gasteiger partial charge in [0.1, 0.15) is 4.90 Å². The van der Waals surface area contributed by atoms with Crippen molar-refractivity contribution in [2.75, 3.05) is 13.1 Å². The maximum Gasteiger partial charge on any atom is 0.246 e. The number of H-pyrrole nitrogens is 1. The van der Waals surface area contributed by atoms with Gasteiger partial charge >= 0.3 is 0 Å². The first-order valence-corrected chi connectivity index (χ1v) is 8.87. The predicted molar refractivity (Wildman–Crippen MR) is 82.9 cm³/mol. The molecular formula is C14H24N4O3S. The molecule has 1 fully saturated rings. The van der Waals surface area contributed by atoms with Gasteiger partial charge in [-0.05, 0) is 12.8 Å². The second-order valence-electron chi connectivity index (χ2n) is 6.76. The molecule has 22 heavy (non-hydrogen) atoms. The Balaban J connectivity index is 2.27. The highest BCUT2D eigenvalue weighted by Gasteiger charge is 2.35. The number of aromatic nitrogens is 2. The molecule has 7 nitrogen and oxygen atoms in total. The third-order valence-electron chi connectivity index (χ3n) is 3.76. The van der Waals surface area contributed by atoms with E-state index in [4.69, 9.17) is 0 Å². The molecule has 0 spiro atoms. The Morgan fingerprint density at radius 1 is 1.45 bits per heavy atom. The molecule has 0 radical (unpaired) electrons. The lowest BCUT2D eigenvalue weighted by Gasteiger charge is -2.32. The summed E-state index contributed by atoms with van der Waals surface area (Å²) in [5.74, 6) is -0.136. The number of nitrogens with zero attached hydrogens (tertiary/aromatic N) is 2. The van der Waals surface area contributed by atoms with Crippen molar-refractivity contribution < 1.29 is 13.2 Å². The number of carbonyl (C=O) groups excluding carboxylic acids is 1. The van der Waals surface area contributed by atoms with Crippen molar-refractivity contribution in [3.63, 3.8) is 0 Å². The molecule has 0 aliphatic carbocycles. The maximum absolute atomic E-state index is 12.9. The monoisotopic (exact) mass is 328 g/mol. The number of nitrogens with one attached hydrogen (secondary N) is 2. The van der Waals surface area contributed by atoms with Crippen LogP contribution in [0.1, 0.15) is 46.2 Å². The van der Waals surface area contributed by atoms with Crippen molar-refractivity contribution in [3.8, 4) is 0 Å².